The molecule has 2 fully saturated rings. The Labute approximate surface area is 779 Å². The lowest BCUT2D eigenvalue weighted by Crippen LogP contribution is -2.43. The van der Waals surface area contributed by atoms with Crippen molar-refractivity contribution in [1.29, 1.82) is 0 Å². The highest BCUT2D eigenvalue weighted by Crippen LogP contribution is 2.36. The molecule has 6 aromatic heterocycles. The number of pyridine rings is 6. The summed E-state index contributed by atoms with van der Waals surface area (Å²) in [5, 5.41) is 19.2. The molecule has 14 aromatic rings. The number of benzene rings is 8. The second-order valence-corrected chi connectivity index (χ2v) is 35.9. The minimum atomic E-state index is -3.25. The number of hydrogen-bond donors (Lipinski definition) is 6. The molecule has 129 heavy (non-hydrogen) atoms. The van der Waals surface area contributed by atoms with E-state index in [1.54, 1.807) is 159 Å². The van der Waals surface area contributed by atoms with Gasteiger partial charge in [0.1, 0.15) is 5.88 Å². The van der Waals surface area contributed by atoms with Crippen LogP contribution in [0.15, 0.2) is 292 Å². The lowest BCUT2D eigenvalue weighted by atomic mass is 10.1. The summed E-state index contributed by atoms with van der Waals surface area (Å²) in [6, 6.07) is 66.7. The predicted octanol–water partition coefficient (Wildman–Crippen LogP) is 20.2. The molecule has 0 spiro atoms. The molecule has 0 saturated carbocycles. The molecule has 6 N–H and O–H groups in total. The maximum absolute atomic E-state index is 12.8. The number of hydrogen-bond acceptors (Lipinski definition) is 18. The summed E-state index contributed by atoms with van der Waals surface area (Å²) < 4.78 is 46.4. The molecule has 36 heteroatoms. The first-order chi connectivity index (χ1) is 62.0. The van der Waals surface area contributed by atoms with Crippen molar-refractivity contribution >= 4 is 194 Å². The van der Waals surface area contributed by atoms with E-state index < -0.39 is 49.2 Å². The molecular weight excluding hydrogens is 1850 g/mol. The molecule has 8 aromatic carbocycles. The SMILES string of the molecule is O=C(Nc1ccc(Cl)c(-c2ccccn2)c1)c1ccc(C(=O)N2CCS(=O)(=O)C2)cc1Cl.O=C(Nc1ccc(Cl)c(-c2ccccn2)c1)c1ccc(C(=O)N2CCS(=O)(=O)CC2)cc1Cl.O=C(Nc1cccnc1)c1ccc(C(=O)Nc2ccc(Cl)c(-c3ccccn3)c2)c(Cl)c1.O=C(Nc1ccncc1)c1ccc(C(=O)Nc2ccc(Cl)c(-c3ccccn3)c2)c(Cl)c1. The normalized spacial score (nSPS) is 12.7. The highest BCUT2D eigenvalue weighted by Gasteiger charge is 2.32. The maximum atomic E-state index is 12.8. The number of sulfone groups is 2. The standard InChI is InChI=1S/2C24H16Cl2N4O2.C23H19Cl2N3O4S.C22H17Cl2N3O4S/c25-20-9-7-16(13-19(20)22-5-1-2-11-28-22)29-24(32)18-8-6-15(12-21(18)26)23(31)30-17-4-3-10-27-14-17;25-20-7-5-17(14-19(20)22-3-1-2-10-28-22)30-24(32)18-6-4-15(13-21(18)26)23(31)29-16-8-11-27-12-9-16;24-19-7-5-16(14-18(19)21-3-1-2-8-26-21)27-22(29)17-6-4-15(13-20(17)25)23(30)28-9-11-33(31,32)12-10-28;23-18-7-5-15(12-17(18)20-3-1-2-8-25-20)26-21(28)16-6-4-14(11-19(16)24)22(29)27-9-10-32(30,31)13-27/h1-14H,(H,29,32)(H,30,31);1-14H,(H,30,32)(H,27,29,31);1-8,13-14H,9-12H2,(H,27,29);1-8,11-12H,9-10,13H2,(H,26,28). The van der Waals surface area contributed by atoms with Crippen molar-refractivity contribution in [3.05, 3.63) is 377 Å². The first kappa shape index (κ1) is 93.3. The number of nitrogens with zero attached hydrogens (tertiary/aromatic N) is 8. The highest BCUT2D eigenvalue weighted by atomic mass is 35.5. The van der Waals surface area contributed by atoms with Gasteiger partial charge in [0.2, 0.25) is 0 Å². The van der Waals surface area contributed by atoms with E-state index in [0.717, 1.165) is 0 Å². The van der Waals surface area contributed by atoms with Gasteiger partial charge in [0.15, 0.2) is 19.7 Å². The fourth-order valence-electron chi connectivity index (χ4n) is 12.8. The Bertz CT molecular complexity index is 6630. The molecule has 0 bridgehead atoms. The van der Waals surface area contributed by atoms with Gasteiger partial charge in [-0.25, -0.2) is 16.8 Å². The van der Waals surface area contributed by atoms with Crippen LogP contribution >= 0.6 is 92.8 Å². The zero-order valence-corrected chi connectivity index (χ0v) is 74.7. The molecule has 0 radical (unpaired) electrons. The first-order valence-electron chi connectivity index (χ1n) is 38.7. The average molecular weight is 1920 g/mol. The summed E-state index contributed by atoms with van der Waals surface area (Å²) in [5.41, 5.74) is 10.7. The molecule has 650 valence electrons. The minimum absolute atomic E-state index is 0.0610. The van der Waals surface area contributed by atoms with Crippen LogP contribution in [-0.2, 0) is 19.7 Å². The smallest absolute Gasteiger partial charge is 0.257 e. The molecule has 8 heterocycles. The molecule has 2 aliphatic heterocycles. The van der Waals surface area contributed by atoms with Gasteiger partial charge in [-0.3, -0.25) is 68.3 Å². The molecule has 0 atom stereocenters. The summed E-state index contributed by atoms with van der Waals surface area (Å²) in [7, 11) is -6.34. The monoisotopic (exact) mass is 1920 g/mol. The van der Waals surface area contributed by atoms with Crippen LogP contribution in [0, 0.1) is 0 Å². The summed E-state index contributed by atoms with van der Waals surface area (Å²) in [6.45, 7) is 0.405. The van der Waals surface area contributed by atoms with Crippen molar-refractivity contribution in [2.24, 2.45) is 0 Å². The van der Waals surface area contributed by atoms with E-state index in [1.807, 2.05) is 60.7 Å². The quantitative estimate of drug-likeness (QED) is 0.0465. The van der Waals surface area contributed by atoms with E-state index in [-0.39, 0.29) is 108 Å². The Morgan fingerprint density at radius 1 is 0.264 bits per heavy atom. The number of carbonyl (C=O) groups is 8. The van der Waals surface area contributed by atoms with E-state index >= 15 is 0 Å². The largest absolute Gasteiger partial charge is 0.337 e. The zero-order chi connectivity index (χ0) is 91.5. The van der Waals surface area contributed by atoms with Crippen LogP contribution in [0.25, 0.3) is 45.0 Å². The van der Waals surface area contributed by atoms with E-state index in [0.29, 0.717) is 116 Å². The van der Waals surface area contributed by atoms with Gasteiger partial charge < -0.3 is 41.7 Å². The number of carbonyl (C=O) groups excluding carboxylic acids is 8. The van der Waals surface area contributed by atoms with Gasteiger partial charge in [0, 0.05) is 136 Å². The van der Waals surface area contributed by atoms with Crippen molar-refractivity contribution < 1.29 is 55.2 Å². The fraction of sp³-hybridized carbons (Fsp3) is 0.0753. The minimum Gasteiger partial charge on any atom is -0.337 e. The van der Waals surface area contributed by atoms with Gasteiger partial charge >= 0.3 is 0 Å². The van der Waals surface area contributed by atoms with Gasteiger partial charge in [-0.2, -0.15) is 0 Å². The number of anilines is 6. The molecule has 0 unspecified atom stereocenters. The van der Waals surface area contributed by atoms with E-state index in [1.165, 1.54) is 82.7 Å². The van der Waals surface area contributed by atoms with Gasteiger partial charge in [0.25, 0.3) is 47.3 Å². The van der Waals surface area contributed by atoms with E-state index in [2.05, 4.69) is 61.8 Å². The van der Waals surface area contributed by atoms with Gasteiger partial charge in [-0.15, -0.1) is 0 Å². The van der Waals surface area contributed by atoms with Crippen LogP contribution in [0.4, 0.5) is 34.1 Å². The number of rotatable bonds is 18. The molecule has 8 amide bonds. The lowest BCUT2D eigenvalue weighted by molar-refractivity contribution is 0.0767. The van der Waals surface area contributed by atoms with Crippen LogP contribution in [0.2, 0.25) is 40.2 Å². The number of aromatic nitrogens is 6. The lowest BCUT2D eigenvalue weighted by Gasteiger charge is -2.26. The molecule has 2 aliphatic rings. The topological polar surface area (TPSA) is 361 Å². The van der Waals surface area contributed by atoms with Crippen molar-refractivity contribution in [2.75, 3.05) is 74.7 Å². The van der Waals surface area contributed by atoms with Crippen LogP contribution in [0.5, 0.6) is 0 Å². The molecule has 2 saturated heterocycles. The van der Waals surface area contributed by atoms with Gasteiger partial charge in [-0.1, -0.05) is 117 Å². The average Bonchev–Trinajstić information content (AvgIpc) is 0.927. The maximum Gasteiger partial charge on any atom is 0.257 e. The number of amides is 8. The van der Waals surface area contributed by atoms with Crippen LogP contribution in [0.1, 0.15) is 82.9 Å². The molecule has 26 nitrogen and oxygen atoms in total. The first-order valence-corrected chi connectivity index (χ1v) is 45.4. The predicted molar refractivity (Wildman–Crippen MR) is 505 cm³/mol. The Morgan fingerprint density at radius 2 is 0.574 bits per heavy atom. The van der Waals surface area contributed by atoms with E-state index in [9.17, 15) is 55.2 Å². The third-order valence-electron chi connectivity index (χ3n) is 19.3. The van der Waals surface area contributed by atoms with Crippen molar-refractivity contribution in [2.45, 2.75) is 0 Å². The second kappa shape index (κ2) is 43.0. The number of halogens is 8. The van der Waals surface area contributed by atoms with Gasteiger partial charge in [-0.05, 0) is 218 Å². The summed E-state index contributed by atoms with van der Waals surface area (Å²) >= 11 is 50.4. The fourth-order valence-corrected chi connectivity index (χ4v) is 17.2. The van der Waals surface area contributed by atoms with E-state index in [4.69, 9.17) is 92.8 Å². The summed E-state index contributed by atoms with van der Waals surface area (Å²) in [5.74, 6) is -3.71. The van der Waals surface area contributed by atoms with Gasteiger partial charge in [0.05, 0.1) is 114 Å². The molecule has 0 aliphatic carbocycles. The Hall–Kier alpha value is -13.4. The summed E-state index contributed by atoms with van der Waals surface area (Å²) in [6.07, 6.45) is 12.9. The summed E-state index contributed by atoms with van der Waals surface area (Å²) in [4.78, 5) is 129. The Morgan fingerprint density at radius 3 is 0.884 bits per heavy atom. The van der Waals surface area contributed by atoms with Crippen molar-refractivity contribution in [3.63, 3.8) is 0 Å². The highest BCUT2D eigenvalue weighted by molar-refractivity contribution is 7.91. The zero-order valence-electron chi connectivity index (χ0n) is 67.0. The Kier molecular flexibility index (Phi) is 31.1. The van der Waals surface area contributed by atoms with Crippen molar-refractivity contribution in [3.8, 4) is 45.0 Å². The van der Waals surface area contributed by atoms with Crippen LogP contribution in [-0.4, -0.2) is 147 Å². The second-order valence-electron chi connectivity index (χ2n) is 28.2. The van der Waals surface area contributed by atoms with Crippen LogP contribution < -0.4 is 31.9 Å². The molecular formula is C93H68Cl8N14O12S2. The Balaban J connectivity index is 0.000000147. The third kappa shape index (κ3) is 24.9. The molecule has 16 rings (SSSR count). The third-order valence-corrected chi connectivity index (χ3v) is 25.0. The van der Waals surface area contributed by atoms with Crippen LogP contribution in [0.3, 0.4) is 0 Å². The number of nitrogens with one attached hydrogen (secondary N) is 6. The van der Waals surface area contributed by atoms with Crippen molar-refractivity contribution in [1.82, 2.24) is 39.7 Å².